The highest BCUT2D eigenvalue weighted by Crippen LogP contribution is 2.47. The van der Waals surface area contributed by atoms with Crippen molar-refractivity contribution < 1.29 is 19.4 Å². The molecule has 1 saturated carbocycles. The number of anilines is 2. The van der Waals surface area contributed by atoms with Crippen LogP contribution in [0.4, 0.5) is 10.8 Å². The minimum atomic E-state index is -0.609. The molecule has 1 aliphatic rings. The second-order valence-electron chi connectivity index (χ2n) is 8.67. The topological polar surface area (TPSA) is 124 Å². The number of hydrogen-bond donors (Lipinski definition) is 3. The summed E-state index contributed by atoms with van der Waals surface area (Å²) < 4.78 is 6.92. The average molecular weight is 499 g/mol. The number of ether oxygens (including phenoxy) is 1. The van der Waals surface area contributed by atoms with Crippen LogP contribution in [-0.4, -0.2) is 28.5 Å². The molecule has 1 heterocycles. The summed E-state index contributed by atoms with van der Waals surface area (Å²) in [6.45, 7) is 1.30. The van der Waals surface area contributed by atoms with Crippen LogP contribution in [-0.2, 0) is 10.2 Å². The van der Waals surface area contributed by atoms with Gasteiger partial charge in [-0.3, -0.25) is 14.9 Å². The van der Waals surface area contributed by atoms with Crippen LogP contribution in [0, 0.1) is 18.3 Å². The number of aryl methyl sites for hydroxylation is 1. The van der Waals surface area contributed by atoms with Gasteiger partial charge in [0.25, 0.3) is 11.8 Å². The van der Waals surface area contributed by atoms with Crippen LogP contribution in [0.15, 0.2) is 60.7 Å². The first-order valence-electron chi connectivity index (χ1n) is 11.3. The van der Waals surface area contributed by atoms with E-state index in [0.717, 1.165) is 28.7 Å². The molecule has 0 atom stereocenters. The Morgan fingerprint density at radius 2 is 1.97 bits per heavy atom. The fourth-order valence-electron chi connectivity index (χ4n) is 3.85. The molecular weight excluding hydrogens is 476 g/mol. The van der Waals surface area contributed by atoms with E-state index in [-0.39, 0.29) is 5.91 Å². The van der Waals surface area contributed by atoms with Crippen LogP contribution in [0.3, 0.4) is 0 Å². The number of fused-ring (bicyclic) bond motifs is 1. The van der Waals surface area contributed by atoms with Crippen LogP contribution >= 0.6 is 11.3 Å². The van der Waals surface area contributed by atoms with Gasteiger partial charge in [-0.05, 0) is 61.2 Å². The quantitative estimate of drug-likeness (QED) is 0.324. The summed E-state index contributed by atoms with van der Waals surface area (Å²) in [6.07, 6.45) is 1.64. The summed E-state index contributed by atoms with van der Waals surface area (Å²) in [6, 6.07) is 20.4. The molecule has 1 aromatic heterocycles. The van der Waals surface area contributed by atoms with Crippen molar-refractivity contribution in [1.29, 1.82) is 5.26 Å². The van der Waals surface area contributed by atoms with Gasteiger partial charge in [-0.25, -0.2) is 4.98 Å². The molecule has 3 N–H and O–H groups in total. The van der Waals surface area contributed by atoms with Gasteiger partial charge in [0.1, 0.15) is 18.1 Å². The van der Waals surface area contributed by atoms with Crippen molar-refractivity contribution in [2.45, 2.75) is 25.2 Å². The Morgan fingerprint density at radius 1 is 1.14 bits per heavy atom. The van der Waals surface area contributed by atoms with E-state index in [4.69, 9.17) is 9.84 Å². The minimum absolute atomic E-state index is 0.260. The van der Waals surface area contributed by atoms with E-state index in [1.165, 1.54) is 11.3 Å². The van der Waals surface area contributed by atoms with Crippen molar-refractivity contribution in [2.24, 2.45) is 0 Å². The molecule has 1 fully saturated rings. The number of carbonyl (C=O) groups excluding carboxylic acids is 2. The highest BCUT2D eigenvalue weighted by atomic mass is 32.1. The summed E-state index contributed by atoms with van der Waals surface area (Å²) >= 11 is 1.28. The molecular formula is C27H22N4O4S. The number of nitrogens with zero attached hydrogens (tertiary/aromatic N) is 2. The third kappa shape index (κ3) is 4.77. The fraction of sp³-hybridized carbons (Fsp3) is 0.185. The number of thiazole rings is 1. The Bertz CT molecular complexity index is 1530. The summed E-state index contributed by atoms with van der Waals surface area (Å²) in [5.41, 5.74) is 3.09. The fourth-order valence-corrected chi connectivity index (χ4v) is 4.76. The van der Waals surface area contributed by atoms with E-state index in [1.807, 2.05) is 37.3 Å². The number of hydrogen-bond acceptors (Lipinski definition) is 7. The highest BCUT2D eigenvalue weighted by Gasteiger charge is 2.45. The first-order valence-corrected chi connectivity index (χ1v) is 12.1. The third-order valence-corrected chi connectivity index (χ3v) is 7.00. The molecule has 0 saturated heterocycles. The first-order chi connectivity index (χ1) is 17.4. The van der Waals surface area contributed by atoms with Crippen LogP contribution in [0.25, 0.3) is 10.2 Å². The van der Waals surface area contributed by atoms with E-state index >= 15 is 0 Å². The maximum atomic E-state index is 12.9. The lowest BCUT2D eigenvalue weighted by Crippen LogP contribution is -2.14. The molecule has 0 radical (unpaired) electrons. The number of carbonyl (C=O) groups is 2. The number of aliphatic hydroxyl groups is 1. The maximum Gasteiger partial charge on any atom is 0.255 e. The average Bonchev–Trinajstić information content (AvgIpc) is 3.59. The van der Waals surface area contributed by atoms with Gasteiger partial charge in [-0.2, -0.15) is 5.26 Å². The predicted molar refractivity (Wildman–Crippen MR) is 138 cm³/mol. The number of rotatable bonds is 7. The van der Waals surface area contributed by atoms with E-state index in [1.54, 1.807) is 30.3 Å². The highest BCUT2D eigenvalue weighted by molar-refractivity contribution is 7.22. The van der Waals surface area contributed by atoms with Crippen LogP contribution in [0.5, 0.6) is 11.5 Å². The standard InChI is InChI=1S/C27H22N4O4S/c1-16-5-6-19(29-25(34)17-3-2-4-18(11-17)27(15-28)9-10-27)12-22(16)35-20-7-8-21-23(13-20)36-26(30-21)31-24(33)14-32/h2-8,11-13,32H,9-10,14H2,1H3,(H,29,34)(H,30,31,33). The van der Waals surface area contributed by atoms with Crippen LogP contribution in [0.2, 0.25) is 0 Å². The van der Waals surface area contributed by atoms with Gasteiger partial charge in [-0.1, -0.05) is 29.5 Å². The second-order valence-corrected chi connectivity index (χ2v) is 9.70. The lowest BCUT2D eigenvalue weighted by Gasteiger charge is -2.13. The number of aromatic nitrogens is 1. The molecule has 2 amide bonds. The molecule has 0 bridgehead atoms. The van der Waals surface area contributed by atoms with Gasteiger partial charge in [0, 0.05) is 23.4 Å². The summed E-state index contributed by atoms with van der Waals surface area (Å²) in [5, 5.41) is 24.2. The molecule has 4 aromatic rings. The summed E-state index contributed by atoms with van der Waals surface area (Å²) in [4.78, 5) is 28.7. The van der Waals surface area contributed by atoms with Crippen molar-refractivity contribution >= 4 is 44.2 Å². The second kappa shape index (κ2) is 9.41. The van der Waals surface area contributed by atoms with E-state index < -0.39 is 17.9 Å². The molecule has 9 heteroatoms. The number of benzene rings is 3. The molecule has 1 aliphatic carbocycles. The van der Waals surface area contributed by atoms with Gasteiger partial charge in [0.05, 0.1) is 21.7 Å². The number of nitriles is 1. The van der Waals surface area contributed by atoms with Crippen molar-refractivity contribution in [2.75, 3.05) is 17.2 Å². The van der Waals surface area contributed by atoms with Crippen molar-refractivity contribution in [1.82, 2.24) is 4.98 Å². The third-order valence-electron chi connectivity index (χ3n) is 6.07. The maximum absolute atomic E-state index is 12.9. The van der Waals surface area contributed by atoms with Crippen LogP contribution < -0.4 is 15.4 Å². The zero-order valence-corrected chi connectivity index (χ0v) is 20.2. The molecule has 0 unspecified atom stereocenters. The van der Waals surface area contributed by atoms with E-state index in [2.05, 4.69) is 21.7 Å². The largest absolute Gasteiger partial charge is 0.457 e. The van der Waals surface area contributed by atoms with Gasteiger partial charge in [0.15, 0.2) is 5.13 Å². The minimum Gasteiger partial charge on any atom is -0.457 e. The first kappa shape index (κ1) is 23.5. The van der Waals surface area contributed by atoms with Crippen molar-refractivity contribution in [3.63, 3.8) is 0 Å². The van der Waals surface area contributed by atoms with Crippen LogP contribution in [0.1, 0.15) is 34.3 Å². The molecule has 8 nitrogen and oxygen atoms in total. The van der Waals surface area contributed by atoms with E-state index in [0.29, 0.717) is 33.4 Å². The molecule has 0 spiro atoms. The Morgan fingerprint density at radius 3 is 2.72 bits per heavy atom. The SMILES string of the molecule is Cc1ccc(NC(=O)c2cccc(C3(C#N)CC3)c2)cc1Oc1ccc2nc(NC(=O)CO)sc2c1. The van der Waals surface area contributed by atoms with Gasteiger partial charge in [0.2, 0.25) is 0 Å². The lowest BCUT2D eigenvalue weighted by molar-refractivity contribution is -0.118. The Balaban J connectivity index is 1.33. The summed E-state index contributed by atoms with van der Waals surface area (Å²) in [5.74, 6) is 0.380. The number of aliphatic hydroxyl groups excluding tert-OH is 1. The van der Waals surface area contributed by atoms with Gasteiger partial charge < -0.3 is 15.2 Å². The van der Waals surface area contributed by atoms with E-state index in [9.17, 15) is 14.9 Å². The number of amides is 2. The molecule has 5 rings (SSSR count). The molecule has 36 heavy (non-hydrogen) atoms. The van der Waals surface area contributed by atoms with Gasteiger partial charge >= 0.3 is 0 Å². The molecule has 3 aromatic carbocycles. The smallest absolute Gasteiger partial charge is 0.255 e. The summed E-state index contributed by atoms with van der Waals surface area (Å²) in [7, 11) is 0. The Kier molecular flexibility index (Phi) is 6.14. The lowest BCUT2D eigenvalue weighted by atomic mass is 9.96. The molecule has 0 aliphatic heterocycles. The Hall–Kier alpha value is -4.26. The zero-order valence-electron chi connectivity index (χ0n) is 19.4. The van der Waals surface area contributed by atoms with Crippen molar-refractivity contribution in [3.05, 3.63) is 77.4 Å². The predicted octanol–water partition coefficient (Wildman–Crippen LogP) is 5.14. The molecule has 180 valence electrons. The van der Waals surface area contributed by atoms with Crippen molar-refractivity contribution in [3.8, 4) is 17.6 Å². The monoisotopic (exact) mass is 498 g/mol. The van der Waals surface area contributed by atoms with Gasteiger partial charge in [-0.15, -0.1) is 0 Å². The normalized spacial score (nSPS) is 13.6. The Labute approximate surface area is 211 Å². The zero-order chi connectivity index (χ0) is 25.3. The number of nitrogens with one attached hydrogen (secondary N) is 2.